The van der Waals surface area contributed by atoms with Gasteiger partial charge < -0.3 is 26.4 Å². The van der Waals surface area contributed by atoms with E-state index in [0.29, 0.717) is 23.4 Å². The highest BCUT2D eigenvalue weighted by Gasteiger charge is 2.38. The number of amides is 2. The third-order valence-corrected chi connectivity index (χ3v) is 6.19. The van der Waals surface area contributed by atoms with Crippen LogP contribution in [0.2, 0.25) is 0 Å². The number of carbonyl (C=O) groups is 3. The molecule has 11 heteroatoms. The molecule has 3 aromatic carbocycles. The zero-order valence-electron chi connectivity index (χ0n) is 21.7. The molecule has 0 saturated carbocycles. The molecular formula is C29H31F3N4O4. The maximum Gasteiger partial charge on any atom is 0.490 e. The molecule has 1 aliphatic heterocycles. The Morgan fingerprint density at radius 3 is 2.10 bits per heavy atom. The van der Waals surface area contributed by atoms with E-state index in [-0.39, 0.29) is 11.8 Å². The molecular weight excluding hydrogens is 525 g/mol. The summed E-state index contributed by atoms with van der Waals surface area (Å²) >= 11 is 0. The molecule has 8 nitrogen and oxygen atoms in total. The van der Waals surface area contributed by atoms with Gasteiger partial charge in [-0.1, -0.05) is 42.5 Å². The average Bonchev–Trinajstić information content (AvgIpc) is 2.97. The molecule has 40 heavy (non-hydrogen) atoms. The first-order valence-corrected chi connectivity index (χ1v) is 12.7. The van der Waals surface area contributed by atoms with Gasteiger partial charge in [-0.15, -0.1) is 0 Å². The molecule has 1 aliphatic rings. The summed E-state index contributed by atoms with van der Waals surface area (Å²) in [6.45, 7) is 2.48. The maximum atomic E-state index is 13.2. The Bertz CT molecular complexity index is 1280. The highest BCUT2D eigenvalue weighted by Crippen LogP contribution is 2.23. The summed E-state index contributed by atoms with van der Waals surface area (Å²) in [6, 6.07) is 23.4. The number of nitrogens with one attached hydrogen (secondary N) is 2. The molecule has 1 heterocycles. The van der Waals surface area contributed by atoms with Crippen LogP contribution in [0.4, 0.5) is 24.5 Å². The number of benzene rings is 3. The number of alkyl halides is 3. The SMILES string of the molecule is NCc1cccc(C(=O)NC(C(=O)Nc2ccc(N3CCCCC3)cc2)c2ccccc2)c1.O=C(O)C(F)(F)F. The fourth-order valence-corrected chi connectivity index (χ4v) is 4.12. The molecule has 0 aliphatic carbocycles. The zero-order valence-corrected chi connectivity index (χ0v) is 21.7. The number of carbonyl (C=O) groups excluding carboxylic acids is 2. The Morgan fingerprint density at radius 1 is 0.900 bits per heavy atom. The number of piperidine rings is 1. The molecule has 1 fully saturated rings. The van der Waals surface area contributed by atoms with Crippen LogP contribution in [-0.2, 0) is 16.1 Å². The van der Waals surface area contributed by atoms with Crippen LogP contribution in [0.25, 0.3) is 0 Å². The van der Waals surface area contributed by atoms with Crippen LogP contribution in [0.15, 0.2) is 78.9 Å². The monoisotopic (exact) mass is 556 g/mol. The summed E-state index contributed by atoms with van der Waals surface area (Å²) in [6.07, 6.45) is -1.37. The minimum Gasteiger partial charge on any atom is -0.475 e. The van der Waals surface area contributed by atoms with Gasteiger partial charge in [0.15, 0.2) is 0 Å². The number of rotatable bonds is 7. The van der Waals surface area contributed by atoms with E-state index in [1.165, 1.54) is 24.9 Å². The smallest absolute Gasteiger partial charge is 0.475 e. The third kappa shape index (κ3) is 8.84. The number of nitrogens with zero attached hydrogens (tertiary/aromatic N) is 1. The van der Waals surface area contributed by atoms with E-state index in [4.69, 9.17) is 15.6 Å². The van der Waals surface area contributed by atoms with E-state index < -0.39 is 18.2 Å². The van der Waals surface area contributed by atoms with Gasteiger partial charge in [0, 0.05) is 36.6 Å². The van der Waals surface area contributed by atoms with Crippen LogP contribution in [-0.4, -0.2) is 42.2 Å². The summed E-state index contributed by atoms with van der Waals surface area (Å²) in [4.78, 5) is 37.4. The van der Waals surface area contributed by atoms with E-state index in [2.05, 4.69) is 15.5 Å². The largest absolute Gasteiger partial charge is 0.490 e. The topological polar surface area (TPSA) is 125 Å². The second kappa shape index (κ2) is 14.1. The van der Waals surface area contributed by atoms with Crippen LogP contribution < -0.4 is 21.3 Å². The molecule has 212 valence electrons. The van der Waals surface area contributed by atoms with Gasteiger partial charge in [0.25, 0.3) is 11.8 Å². The minimum atomic E-state index is -5.08. The van der Waals surface area contributed by atoms with Crippen molar-refractivity contribution in [2.45, 2.75) is 38.0 Å². The lowest BCUT2D eigenvalue weighted by molar-refractivity contribution is -0.192. The number of hydrogen-bond donors (Lipinski definition) is 4. The van der Waals surface area contributed by atoms with Gasteiger partial charge in [-0.2, -0.15) is 13.2 Å². The molecule has 1 saturated heterocycles. The molecule has 5 N–H and O–H groups in total. The first-order valence-electron chi connectivity index (χ1n) is 12.7. The van der Waals surface area contributed by atoms with Crippen molar-refractivity contribution in [1.29, 1.82) is 0 Å². The second-order valence-corrected chi connectivity index (χ2v) is 9.11. The predicted molar refractivity (Wildman–Crippen MR) is 146 cm³/mol. The van der Waals surface area contributed by atoms with Gasteiger partial charge >= 0.3 is 12.1 Å². The number of hydrogen-bond acceptors (Lipinski definition) is 5. The van der Waals surface area contributed by atoms with Gasteiger partial charge in [0.1, 0.15) is 6.04 Å². The van der Waals surface area contributed by atoms with Gasteiger partial charge in [-0.25, -0.2) is 4.79 Å². The standard InChI is InChI=1S/C27H30N4O2.C2HF3O2/c28-19-20-8-7-11-22(18-20)26(32)30-25(21-9-3-1-4-10-21)27(33)29-23-12-14-24(15-13-23)31-16-5-2-6-17-31;3-2(4,5)1(6)7/h1,3-4,7-15,18,25H,2,5-6,16-17,19,28H2,(H,29,33)(H,30,32);(H,6,7). The summed E-state index contributed by atoms with van der Waals surface area (Å²) in [7, 11) is 0. The summed E-state index contributed by atoms with van der Waals surface area (Å²) in [5.74, 6) is -3.38. The van der Waals surface area contributed by atoms with Crippen molar-refractivity contribution in [2.24, 2.45) is 5.73 Å². The number of halogens is 3. The molecule has 1 atom stereocenters. The van der Waals surface area contributed by atoms with E-state index in [9.17, 15) is 22.8 Å². The summed E-state index contributed by atoms with van der Waals surface area (Å²) in [5.41, 5.74) is 9.61. The molecule has 3 aromatic rings. The van der Waals surface area contributed by atoms with Crippen molar-refractivity contribution in [3.05, 3.63) is 95.6 Å². The van der Waals surface area contributed by atoms with Crippen molar-refractivity contribution in [2.75, 3.05) is 23.3 Å². The molecule has 1 unspecified atom stereocenters. The maximum absolute atomic E-state index is 13.2. The van der Waals surface area contributed by atoms with Crippen molar-refractivity contribution < 1.29 is 32.7 Å². The molecule has 4 rings (SSSR count). The number of carboxylic acid groups (broad SMARTS) is 1. The highest BCUT2D eigenvalue weighted by atomic mass is 19.4. The van der Waals surface area contributed by atoms with Crippen LogP contribution >= 0.6 is 0 Å². The Balaban J connectivity index is 0.000000559. The lowest BCUT2D eigenvalue weighted by Gasteiger charge is -2.29. The molecule has 0 radical (unpaired) electrons. The number of anilines is 2. The van der Waals surface area contributed by atoms with Crippen molar-refractivity contribution in [1.82, 2.24) is 5.32 Å². The normalized spacial score (nSPS) is 13.8. The lowest BCUT2D eigenvalue weighted by Crippen LogP contribution is -2.37. The van der Waals surface area contributed by atoms with Crippen molar-refractivity contribution >= 4 is 29.2 Å². The predicted octanol–water partition coefficient (Wildman–Crippen LogP) is 4.88. The fourth-order valence-electron chi connectivity index (χ4n) is 4.12. The van der Waals surface area contributed by atoms with Crippen molar-refractivity contribution in [3.8, 4) is 0 Å². The highest BCUT2D eigenvalue weighted by molar-refractivity contribution is 6.01. The van der Waals surface area contributed by atoms with E-state index in [0.717, 1.165) is 18.7 Å². The van der Waals surface area contributed by atoms with Crippen LogP contribution in [0, 0.1) is 0 Å². The number of carboxylic acids is 1. The van der Waals surface area contributed by atoms with Crippen LogP contribution in [0.1, 0.15) is 46.8 Å². The summed E-state index contributed by atoms with van der Waals surface area (Å²) < 4.78 is 31.7. The minimum absolute atomic E-state index is 0.296. The van der Waals surface area contributed by atoms with Gasteiger partial charge in [-0.3, -0.25) is 9.59 Å². The Labute approximate surface area is 230 Å². The Morgan fingerprint density at radius 2 is 1.52 bits per heavy atom. The van der Waals surface area contributed by atoms with Crippen LogP contribution in [0.5, 0.6) is 0 Å². The zero-order chi connectivity index (χ0) is 29.1. The fraction of sp³-hybridized carbons (Fsp3) is 0.276. The third-order valence-electron chi connectivity index (χ3n) is 6.19. The first kappa shape index (κ1) is 30.2. The van der Waals surface area contributed by atoms with Crippen LogP contribution in [0.3, 0.4) is 0 Å². The average molecular weight is 557 g/mol. The molecule has 0 bridgehead atoms. The Hall–Kier alpha value is -4.38. The second-order valence-electron chi connectivity index (χ2n) is 9.11. The lowest BCUT2D eigenvalue weighted by atomic mass is 10.0. The molecule has 0 spiro atoms. The number of aliphatic carboxylic acids is 1. The first-order chi connectivity index (χ1) is 19.1. The van der Waals surface area contributed by atoms with E-state index in [1.807, 2.05) is 60.7 Å². The van der Waals surface area contributed by atoms with Gasteiger partial charge in [0.05, 0.1) is 0 Å². The van der Waals surface area contributed by atoms with Gasteiger partial charge in [-0.05, 0) is 66.8 Å². The van der Waals surface area contributed by atoms with Crippen molar-refractivity contribution in [3.63, 3.8) is 0 Å². The van der Waals surface area contributed by atoms with E-state index in [1.54, 1.807) is 18.2 Å². The van der Waals surface area contributed by atoms with E-state index >= 15 is 0 Å². The molecule has 0 aromatic heterocycles. The van der Waals surface area contributed by atoms with Gasteiger partial charge in [0.2, 0.25) is 0 Å². The molecule has 2 amide bonds. The summed E-state index contributed by atoms with van der Waals surface area (Å²) in [5, 5.41) is 13.0. The quantitative estimate of drug-likeness (QED) is 0.329. The Kier molecular flexibility index (Phi) is 10.7. The number of nitrogens with two attached hydrogens (primary N) is 1.